The van der Waals surface area contributed by atoms with Gasteiger partial charge >= 0.3 is 17.6 Å². The molecule has 0 unspecified atom stereocenters. The molecule has 0 amide bonds. The fourth-order valence-corrected chi connectivity index (χ4v) is 1.43. The van der Waals surface area contributed by atoms with Gasteiger partial charge in [0, 0.05) is 17.8 Å². The van der Waals surface area contributed by atoms with E-state index in [1.165, 1.54) is 26.5 Å². The number of hydrogen-bond donors (Lipinski definition) is 0. The molecule has 0 radical (unpaired) electrons. The lowest BCUT2D eigenvalue weighted by atomic mass is 10.3. The summed E-state index contributed by atoms with van der Waals surface area (Å²) >= 11 is 0. The predicted octanol–water partition coefficient (Wildman–Crippen LogP) is 1.28. The van der Waals surface area contributed by atoms with E-state index in [4.69, 9.17) is 0 Å². The first kappa shape index (κ1) is 17.1. The highest BCUT2D eigenvalue weighted by Crippen LogP contribution is 1.97. The number of nitrogens with zero attached hydrogens (tertiary/aromatic N) is 2. The van der Waals surface area contributed by atoms with Gasteiger partial charge in [-0.3, -0.25) is 0 Å². The maximum absolute atomic E-state index is 11.1. The summed E-state index contributed by atoms with van der Waals surface area (Å²) < 4.78 is 9.33. The summed E-state index contributed by atoms with van der Waals surface area (Å²) in [5.41, 5.74) is 1.14. The fourth-order valence-electron chi connectivity index (χ4n) is 1.43. The van der Waals surface area contributed by atoms with Crippen molar-refractivity contribution in [1.29, 1.82) is 0 Å². The van der Waals surface area contributed by atoms with Crippen molar-refractivity contribution in [2.45, 2.75) is 6.92 Å². The minimum absolute atomic E-state index is 0.00287. The average molecular weight is 304 g/mol. The van der Waals surface area contributed by atoms with Crippen molar-refractivity contribution in [2.24, 2.45) is 0 Å². The van der Waals surface area contributed by atoms with Crippen molar-refractivity contribution >= 4 is 11.9 Å². The van der Waals surface area contributed by atoms with Crippen molar-refractivity contribution < 1.29 is 23.8 Å². The van der Waals surface area contributed by atoms with Gasteiger partial charge in [-0.1, -0.05) is 6.07 Å². The highest BCUT2D eigenvalue weighted by Gasteiger charge is 2.15. The third kappa shape index (κ3) is 4.86. The van der Waals surface area contributed by atoms with Crippen LogP contribution in [0, 0.1) is 12.1 Å². The molecule has 0 spiro atoms. The number of carbonyl (C=O) groups excluding carboxylic acids is 2. The molecule has 0 aliphatic carbocycles. The molecule has 22 heavy (non-hydrogen) atoms. The number of hydrogen-bond acceptors (Lipinski definition) is 6. The number of pyridine rings is 2. The smallest absolute Gasteiger partial charge is 0.404 e. The molecule has 0 N–H and O–H groups in total. The topological polar surface area (TPSA) is 92.4 Å². The number of carbonyl (C=O) groups is 2. The minimum atomic E-state index is -0.620. The fraction of sp³-hybridized carbons (Fsp3) is 0.200. The van der Waals surface area contributed by atoms with Gasteiger partial charge < -0.3 is 14.7 Å². The van der Waals surface area contributed by atoms with Gasteiger partial charge in [-0.2, -0.15) is 4.73 Å². The number of ether oxygens (including phenoxy) is 2. The van der Waals surface area contributed by atoms with Crippen molar-refractivity contribution in [3.05, 3.63) is 64.9 Å². The maximum atomic E-state index is 11.1. The van der Waals surface area contributed by atoms with E-state index in [0.717, 1.165) is 5.56 Å². The molecule has 0 bridgehead atoms. The Kier molecular flexibility index (Phi) is 6.49. The van der Waals surface area contributed by atoms with Crippen LogP contribution in [0.3, 0.4) is 0 Å². The van der Waals surface area contributed by atoms with E-state index in [1.54, 1.807) is 37.4 Å². The number of aromatic nitrogens is 2. The van der Waals surface area contributed by atoms with Crippen LogP contribution in [-0.4, -0.2) is 31.1 Å². The number of aryl methyl sites for hydroxylation is 1. The van der Waals surface area contributed by atoms with Crippen molar-refractivity contribution in [2.75, 3.05) is 14.2 Å². The molecule has 2 heterocycles. The Hall–Kier alpha value is -2.96. The average Bonchev–Trinajstić information content (AvgIpc) is 2.55. The molecule has 0 saturated heterocycles. The molecule has 0 saturated carbocycles. The predicted molar refractivity (Wildman–Crippen MR) is 77.1 cm³/mol. The van der Waals surface area contributed by atoms with Gasteiger partial charge in [-0.15, -0.1) is 0 Å². The van der Waals surface area contributed by atoms with Crippen LogP contribution in [-0.2, 0) is 9.47 Å². The summed E-state index contributed by atoms with van der Waals surface area (Å²) in [7, 11) is 2.57. The van der Waals surface area contributed by atoms with Gasteiger partial charge in [0.15, 0.2) is 6.20 Å². The van der Waals surface area contributed by atoms with Crippen molar-refractivity contribution in [1.82, 2.24) is 4.98 Å². The Morgan fingerprint density at radius 1 is 1.09 bits per heavy atom. The maximum Gasteiger partial charge on any atom is 0.404 e. The Balaban J connectivity index is 0.000000224. The second-order valence-corrected chi connectivity index (χ2v) is 4.12. The van der Waals surface area contributed by atoms with E-state index in [1.807, 2.05) is 0 Å². The van der Waals surface area contributed by atoms with E-state index in [9.17, 15) is 14.8 Å². The largest absolute Gasteiger partial charge is 0.618 e. The highest BCUT2D eigenvalue weighted by atomic mass is 16.5. The van der Waals surface area contributed by atoms with E-state index in [2.05, 4.69) is 14.5 Å². The summed E-state index contributed by atoms with van der Waals surface area (Å²) in [6.07, 6.45) is 2.87. The third-order valence-corrected chi connectivity index (χ3v) is 2.52. The number of methoxy groups -OCH3 is 2. The standard InChI is InChI=1S/C8H9NO3.C7H7NO2/c1-6-3-4-7(8(10)12-2)9(11)5-6;1-10-7(9)6-4-2-3-5-8-6/h3-5H,1-2H3;2-5H,1H3. The molecule has 0 fully saturated rings. The molecule has 0 aliphatic rings. The first-order valence-electron chi connectivity index (χ1n) is 6.27. The number of rotatable bonds is 2. The lowest BCUT2D eigenvalue weighted by Crippen LogP contribution is -2.34. The van der Waals surface area contributed by atoms with Gasteiger partial charge in [0.1, 0.15) is 5.69 Å². The summed E-state index contributed by atoms with van der Waals surface area (Å²) in [5.74, 6) is -1.02. The molecule has 7 heteroatoms. The Morgan fingerprint density at radius 2 is 1.77 bits per heavy atom. The summed E-state index contributed by atoms with van der Waals surface area (Å²) in [6, 6.07) is 8.20. The lowest BCUT2D eigenvalue weighted by molar-refractivity contribution is -0.608. The summed E-state index contributed by atoms with van der Waals surface area (Å²) in [5, 5.41) is 11.1. The van der Waals surface area contributed by atoms with Crippen LogP contribution < -0.4 is 4.73 Å². The third-order valence-electron chi connectivity index (χ3n) is 2.52. The molecule has 2 rings (SSSR count). The van der Waals surface area contributed by atoms with Crippen LogP contribution in [0.1, 0.15) is 26.5 Å². The van der Waals surface area contributed by atoms with Gasteiger partial charge in [-0.25, -0.2) is 14.6 Å². The zero-order chi connectivity index (χ0) is 16.5. The number of esters is 2. The molecule has 2 aromatic heterocycles. The quantitative estimate of drug-likeness (QED) is 0.471. The minimum Gasteiger partial charge on any atom is -0.618 e. The van der Waals surface area contributed by atoms with Crippen LogP contribution in [0.4, 0.5) is 0 Å². The Bertz CT molecular complexity index is 644. The SMILES string of the molecule is COC(=O)c1ccc(C)c[n+]1[O-].COC(=O)c1ccccn1. The molecule has 116 valence electrons. The van der Waals surface area contributed by atoms with Crippen LogP contribution in [0.5, 0.6) is 0 Å². The second kappa shape index (κ2) is 8.35. The van der Waals surface area contributed by atoms with Crippen LogP contribution in [0.25, 0.3) is 0 Å². The molecule has 0 aliphatic heterocycles. The van der Waals surface area contributed by atoms with E-state index in [-0.39, 0.29) is 5.69 Å². The molecule has 2 aromatic rings. The second-order valence-electron chi connectivity index (χ2n) is 4.12. The molecular formula is C15H16N2O5. The summed E-state index contributed by atoms with van der Waals surface area (Å²) in [4.78, 5) is 25.4. The highest BCUT2D eigenvalue weighted by molar-refractivity contribution is 5.86. The first-order chi connectivity index (χ1) is 10.5. The molecule has 0 atom stereocenters. The van der Waals surface area contributed by atoms with Gasteiger partial charge in [0.05, 0.1) is 14.2 Å². The van der Waals surface area contributed by atoms with Crippen LogP contribution in [0.2, 0.25) is 0 Å². The lowest BCUT2D eigenvalue weighted by Gasteiger charge is -2.02. The summed E-state index contributed by atoms with van der Waals surface area (Å²) in [6.45, 7) is 1.77. The van der Waals surface area contributed by atoms with Gasteiger partial charge in [0.25, 0.3) is 0 Å². The normalized spacial score (nSPS) is 9.23. The first-order valence-corrected chi connectivity index (χ1v) is 6.27. The van der Waals surface area contributed by atoms with E-state index in [0.29, 0.717) is 10.4 Å². The monoisotopic (exact) mass is 304 g/mol. The van der Waals surface area contributed by atoms with Gasteiger partial charge in [0.2, 0.25) is 0 Å². The Labute approximate surface area is 127 Å². The molecule has 0 aromatic carbocycles. The Morgan fingerprint density at radius 3 is 2.27 bits per heavy atom. The molecule has 7 nitrogen and oxygen atoms in total. The van der Waals surface area contributed by atoms with Gasteiger partial charge in [-0.05, 0) is 25.1 Å². The van der Waals surface area contributed by atoms with Crippen LogP contribution >= 0.6 is 0 Å². The molecular weight excluding hydrogens is 288 g/mol. The van der Waals surface area contributed by atoms with Crippen molar-refractivity contribution in [3.8, 4) is 0 Å². The zero-order valence-corrected chi connectivity index (χ0v) is 12.5. The van der Waals surface area contributed by atoms with E-state index < -0.39 is 11.9 Å². The van der Waals surface area contributed by atoms with Crippen LogP contribution in [0.15, 0.2) is 42.7 Å². The zero-order valence-electron chi connectivity index (χ0n) is 12.5. The van der Waals surface area contributed by atoms with E-state index >= 15 is 0 Å². The van der Waals surface area contributed by atoms with Crippen molar-refractivity contribution in [3.63, 3.8) is 0 Å².